The molecule has 0 fully saturated rings. The number of nitrogens with one attached hydrogen (secondary N) is 1. The van der Waals surface area contributed by atoms with Gasteiger partial charge >= 0.3 is 18.0 Å². The topological polar surface area (TPSA) is 111 Å². The van der Waals surface area contributed by atoms with Crippen LogP contribution in [-0.2, 0) is 30.4 Å². The Kier molecular flexibility index (Phi) is 22.2. The first-order valence-corrected chi connectivity index (χ1v) is 16.3. The number of unbranched alkanes of at least 4 members (excludes halogenated alkanes) is 14. The summed E-state index contributed by atoms with van der Waals surface area (Å²) in [5.74, 6) is -1.36. The van der Waals surface area contributed by atoms with Gasteiger partial charge in [-0.25, -0.2) is 9.59 Å². The highest BCUT2D eigenvalue weighted by molar-refractivity contribution is 5.81. The van der Waals surface area contributed by atoms with Crippen LogP contribution in [0.2, 0.25) is 0 Å². The highest BCUT2D eigenvalue weighted by Crippen LogP contribution is 2.14. The van der Waals surface area contributed by atoms with Crippen LogP contribution in [0.4, 0.5) is 4.79 Å². The zero-order chi connectivity index (χ0) is 30.8. The molecule has 0 radical (unpaired) electrons. The standard InChI is InChI=1S/C34H57NO7/c1-4-5-6-7-8-9-10-11-12-13-14-15-16-17-21-24-31(37)42-30(25-36)27-40-33(38)32(28(2)3)35-34(39)41-26-29-22-19-18-20-23-29/h18-20,22-23,28,30,32,36H,4-17,21,24-27H2,1-3H3,(H,35,39)/t30-,32-/m0/s1. The maximum atomic E-state index is 12.6. The van der Waals surface area contributed by atoms with E-state index in [9.17, 15) is 19.5 Å². The first-order chi connectivity index (χ1) is 20.4. The number of hydrogen-bond acceptors (Lipinski definition) is 7. The van der Waals surface area contributed by atoms with E-state index < -0.39 is 36.8 Å². The van der Waals surface area contributed by atoms with E-state index >= 15 is 0 Å². The van der Waals surface area contributed by atoms with E-state index in [1.165, 1.54) is 77.0 Å². The largest absolute Gasteiger partial charge is 0.460 e. The molecule has 1 aromatic carbocycles. The number of alkyl carbamates (subject to hydrolysis) is 1. The number of carbonyl (C=O) groups is 3. The van der Waals surface area contributed by atoms with Crippen molar-refractivity contribution >= 4 is 18.0 Å². The van der Waals surface area contributed by atoms with Gasteiger partial charge in [-0.3, -0.25) is 4.79 Å². The number of amides is 1. The quantitative estimate of drug-likeness (QED) is 0.0682. The Bertz CT molecular complexity index is 830. The zero-order valence-corrected chi connectivity index (χ0v) is 26.5. The summed E-state index contributed by atoms with van der Waals surface area (Å²) in [5.41, 5.74) is 0.827. The van der Waals surface area contributed by atoms with Crippen molar-refractivity contribution in [2.75, 3.05) is 13.2 Å². The van der Waals surface area contributed by atoms with Crippen molar-refractivity contribution in [3.8, 4) is 0 Å². The first-order valence-electron chi connectivity index (χ1n) is 16.3. The van der Waals surface area contributed by atoms with E-state index in [-0.39, 0.29) is 25.6 Å². The average Bonchev–Trinajstić information content (AvgIpc) is 2.99. The van der Waals surface area contributed by atoms with Crippen LogP contribution >= 0.6 is 0 Å². The Labute approximate surface area is 254 Å². The molecule has 0 aromatic heterocycles. The van der Waals surface area contributed by atoms with Crippen molar-refractivity contribution in [1.82, 2.24) is 5.32 Å². The Hall–Kier alpha value is -2.61. The summed E-state index contributed by atoms with van der Waals surface area (Å²) < 4.78 is 15.8. The van der Waals surface area contributed by atoms with Gasteiger partial charge in [0.05, 0.1) is 6.61 Å². The fourth-order valence-corrected chi connectivity index (χ4v) is 4.66. The number of rotatable bonds is 25. The van der Waals surface area contributed by atoms with Gasteiger partial charge in [0.1, 0.15) is 19.3 Å². The lowest BCUT2D eigenvalue weighted by Gasteiger charge is -2.22. The van der Waals surface area contributed by atoms with Crippen molar-refractivity contribution in [1.29, 1.82) is 0 Å². The molecule has 0 spiro atoms. The molecule has 8 heteroatoms. The number of ether oxygens (including phenoxy) is 3. The molecule has 2 N–H and O–H groups in total. The summed E-state index contributed by atoms with van der Waals surface area (Å²) in [6, 6.07) is 8.27. The lowest BCUT2D eigenvalue weighted by Crippen LogP contribution is -2.46. The molecular weight excluding hydrogens is 534 g/mol. The smallest absolute Gasteiger partial charge is 0.408 e. The molecule has 240 valence electrons. The van der Waals surface area contributed by atoms with Crippen LogP contribution in [0.1, 0.15) is 129 Å². The van der Waals surface area contributed by atoms with Crippen molar-refractivity contribution < 1.29 is 33.7 Å². The van der Waals surface area contributed by atoms with Gasteiger partial charge in [0.15, 0.2) is 6.10 Å². The third kappa shape index (κ3) is 19.5. The second-order valence-electron chi connectivity index (χ2n) is 11.6. The summed E-state index contributed by atoms with van der Waals surface area (Å²) in [6.07, 6.45) is 17.4. The molecule has 0 unspecified atom stereocenters. The van der Waals surface area contributed by atoms with Crippen LogP contribution in [0.25, 0.3) is 0 Å². The molecule has 0 saturated heterocycles. The maximum Gasteiger partial charge on any atom is 0.408 e. The van der Waals surface area contributed by atoms with Gasteiger partial charge in [-0.1, -0.05) is 141 Å². The fraction of sp³-hybridized carbons (Fsp3) is 0.735. The number of aliphatic hydroxyl groups excluding tert-OH is 1. The Morgan fingerprint density at radius 1 is 0.762 bits per heavy atom. The summed E-state index contributed by atoms with van der Waals surface area (Å²) in [5, 5.41) is 12.1. The van der Waals surface area contributed by atoms with Gasteiger partial charge in [-0.15, -0.1) is 0 Å². The molecule has 0 aliphatic carbocycles. The fourth-order valence-electron chi connectivity index (χ4n) is 4.66. The van der Waals surface area contributed by atoms with Crippen molar-refractivity contribution in [2.45, 2.75) is 142 Å². The lowest BCUT2D eigenvalue weighted by molar-refractivity contribution is -0.163. The molecule has 0 aliphatic heterocycles. The molecule has 0 aliphatic rings. The van der Waals surface area contributed by atoms with E-state index in [1.54, 1.807) is 13.8 Å². The predicted molar refractivity (Wildman–Crippen MR) is 166 cm³/mol. The van der Waals surface area contributed by atoms with E-state index in [0.29, 0.717) is 0 Å². The monoisotopic (exact) mass is 591 g/mol. The summed E-state index contributed by atoms with van der Waals surface area (Å²) >= 11 is 0. The molecule has 0 heterocycles. The van der Waals surface area contributed by atoms with Gasteiger partial charge in [0.2, 0.25) is 0 Å². The first kappa shape index (κ1) is 37.4. The van der Waals surface area contributed by atoms with Crippen LogP contribution in [0.15, 0.2) is 30.3 Å². The van der Waals surface area contributed by atoms with Crippen LogP contribution in [0.3, 0.4) is 0 Å². The van der Waals surface area contributed by atoms with E-state index in [2.05, 4.69) is 12.2 Å². The summed E-state index contributed by atoms with van der Waals surface area (Å²) in [7, 11) is 0. The van der Waals surface area contributed by atoms with Crippen LogP contribution in [-0.4, -0.2) is 48.5 Å². The highest BCUT2D eigenvalue weighted by atomic mass is 16.6. The molecule has 1 rings (SSSR count). The van der Waals surface area contributed by atoms with Crippen molar-refractivity contribution in [2.24, 2.45) is 5.92 Å². The van der Waals surface area contributed by atoms with E-state index in [0.717, 1.165) is 24.8 Å². The highest BCUT2D eigenvalue weighted by Gasteiger charge is 2.27. The number of benzene rings is 1. The molecule has 2 atom stereocenters. The SMILES string of the molecule is CCCCCCCCCCCCCCCCCC(=O)O[C@@H](CO)COC(=O)[C@@H](NC(=O)OCc1ccccc1)C(C)C. The lowest BCUT2D eigenvalue weighted by atomic mass is 10.0. The number of hydrogen-bond donors (Lipinski definition) is 2. The van der Waals surface area contributed by atoms with Gasteiger partial charge in [-0.2, -0.15) is 0 Å². The van der Waals surface area contributed by atoms with E-state index in [4.69, 9.17) is 14.2 Å². The average molecular weight is 592 g/mol. The number of carbonyl (C=O) groups excluding carboxylic acids is 3. The van der Waals surface area contributed by atoms with Crippen LogP contribution in [0, 0.1) is 5.92 Å². The minimum atomic E-state index is -0.948. The van der Waals surface area contributed by atoms with Crippen LogP contribution in [0.5, 0.6) is 0 Å². The third-order valence-electron chi connectivity index (χ3n) is 7.30. The second-order valence-corrected chi connectivity index (χ2v) is 11.6. The van der Waals surface area contributed by atoms with Gasteiger partial charge in [0, 0.05) is 6.42 Å². The molecular formula is C34H57NO7. The molecule has 0 bridgehead atoms. The maximum absolute atomic E-state index is 12.6. The Morgan fingerprint density at radius 3 is 1.79 bits per heavy atom. The predicted octanol–water partition coefficient (Wildman–Crippen LogP) is 7.65. The van der Waals surface area contributed by atoms with Gasteiger partial charge in [0.25, 0.3) is 0 Å². The van der Waals surface area contributed by atoms with Gasteiger partial charge in [-0.05, 0) is 17.9 Å². The number of aliphatic hydroxyl groups is 1. The zero-order valence-electron chi connectivity index (χ0n) is 26.5. The number of esters is 2. The minimum Gasteiger partial charge on any atom is -0.460 e. The second kappa shape index (κ2) is 24.9. The Morgan fingerprint density at radius 2 is 1.29 bits per heavy atom. The van der Waals surface area contributed by atoms with E-state index in [1.807, 2.05) is 30.3 Å². The van der Waals surface area contributed by atoms with Crippen LogP contribution < -0.4 is 5.32 Å². The molecule has 1 aromatic rings. The molecule has 0 saturated carbocycles. The van der Waals surface area contributed by atoms with Crippen molar-refractivity contribution in [3.63, 3.8) is 0 Å². The minimum absolute atomic E-state index is 0.0778. The summed E-state index contributed by atoms with van der Waals surface area (Å²) in [4.78, 5) is 37.0. The molecule has 1 amide bonds. The molecule has 8 nitrogen and oxygen atoms in total. The molecule has 42 heavy (non-hydrogen) atoms. The normalized spacial score (nSPS) is 12.5. The third-order valence-corrected chi connectivity index (χ3v) is 7.30. The van der Waals surface area contributed by atoms with Crippen molar-refractivity contribution in [3.05, 3.63) is 35.9 Å². The van der Waals surface area contributed by atoms with Gasteiger partial charge < -0.3 is 24.6 Å². The Balaban J connectivity index is 2.14. The summed E-state index contributed by atoms with van der Waals surface area (Å²) in [6.45, 7) is 5.12.